The van der Waals surface area contributed by atoms with Crippen LogP contribution < -0.4 is 10.2 Å². The van der Waals surface area contributed by atoms with Crippen LogP contribution in [-0.4, -0.2) is 25.5 Å². The first-order valence-corrected chi connectivity index (χ1v) is 9.26. The lowest BCUT2D eigenvalue weighted by atomic mass is 9.90. The zero-order valence-electron chi connectivity index (χ0n) is 14.4. The van der Waals surface area contributed by atoms with Crippen LogP contribution in [0.25, 0.3) is 0 Å². The van der Waals surface area contributed by atoms with Crippen molar-refractivity contribution in [3.05, 3.63) is 29.3 Å². The third-order valence-electron chi connectivity index (χ3n) is 6.24. The topological polar surface area (TPSA) is 32.3 Å². The minimum atomic E-state index is 0.278. The van der Waals surface area contributed by atoms with Gasteiger partial charge in [-0.3, -0.25) is 4.79 Å². The van der Waals surface area contributed by atoms with E-state index in [0.717, 1.165) is 38.9 Å². The fourth-order valence-corrected chi connectivity index (χ4v) is 4.57. The Morgan fingerprint density at radius 1 is 1.30 bits per heavy atom. The van der Waals surface area contributed by atoms with Crippen molar-refractivity contribution in [3.63, 3.8) is 0 Å². The van der Waals surface area contributed by atoms with Gasteiger partial charge >= 0.3 is 0 Å². The molecule has 3 nitrogen and oxygen atoms in total. The molecule has 2 heterocycles. The summed E-state index contributed by atoms with van der Waals surface area (Å²) in [4.78, 5) is 15.2. The van der Waals surface area contributed by atoms with Crippen LogP contribution in [0.2, 0.25) is 0 Å². The number of carbonyl (C=O) groups is 1. The molecule has 0 bridgehead atoms. The number of carbonyl (C=O) groups excluding carboxylic acids is 1. The number of aryl methyl sites for hydroxylation is 1. The Bertz CT molecular complexity index is 616. The molecule has 1 amide bonds. The Morgan fingerprint density at radius 3 is 2.83 bits per heavy atom. The van der Waals surface area contributed by atoms with Gasteiger partial charge in [0.15, 0.2) is 0 Å². The molecule has 124 valence electrons. The fourth-order valence-electron chi connectivity index (χ4n) is 4.57. The second-order valence-electron chi connectivity index (χ2n) is 8.01. The van der Waals surface area contributed by atoms with Crippen molar-refractivity contribution in [2.45, 2.75) is 51.9 Å². The minimum Gasteiger partial charge on any atom is -0.317 e. The summed E-state index contributed by atoms with van der Waals surface area (Å²) in [5.41, 5.74) is 4.27. The first-order chi connectivity index (χ1) is 11.1. The first kappa shape index (κ1) is 15.2. The minimum absolute atomic E-state index is 0.278. The normalized spacial score (nSPS) is 25.5. The highest BCUT2D eigenvalue weighted by atomic mass is 16.2. The van der Waals surface area contributed by atoms with Crippen molar-refractivity contribution in [2.75, 3.05) is 24.5 Å². The number of amides is 1. The Morgan fingerprint density at radius 2 is 2.09 bits per heavy atom. The lowest BCUT2D eigenvalue weighted by Gasteiger charge is -2.32. The molecule has 4 rings (SSSR count). The first-order valence-electron chi connectivity index (χ1n) is 9.26. The molecule has 1 atom stereocenters. The van der Waals surface area contributed by atoms with E-state index < -0.39 is 0 Å². The maximum Gasteiger partial charge on any atom is 0.230 e. The predicted octanol–water partition coefficient (Wildman–Crippen LogP) is 3.48. The second-order valence-corrected chi connectivity index (χ2v) is 8.01. The molecule has 0 aromatic heterocycles. The van der Waals surface area contributed by atoms with Gasteiger partial charge in [0, 0.05) is 18.2 Å². The van der Waals surface area contributed by atoms with Gasteiger partial charge in [0.2, 0.25) is 5.91 Å². The van der Waals surface area contributed by atoms with Crippen molar-refractivity contribution in [3.8, 4) is 0 Å². The number of benzene rings is 1. The van der Waals surface area contributed by atoms with Gasteiger partial charge in [-0.15, -0.1) is 0 Å². The number of nitrogens with zero attached hydrogens (tertiary/aromatic N) is 1. The summed E-state index contributed by atoms with van der Waals surface area (Å²) < 4.78 is 0. The van der Waals surface area contributed by atoms with Crippen LogP contribution in [0, 0.1) is 11.3 Å². The number of hydrogen-bond donors (Lipinski definition) is 1. The van der Waals surface area contributed by atoms with E-state index in [4.69, 9.17) is 0 Å². The van der Waals surface area contributed by atoms with Gasteiger partial charge in [-0.25, -0.2) is 0 Å². The molecule has 2 fully saturated rings. The molecule has 1 saturated carbocycles. The Balaban J connectivity index is 1.56. The number of fused-ring (bicyclic) bond motifs is 1. The summed E-state index contributed by atoms with van der Waals surface area (Å²) in [7, 11) is 0. The third kappa shape index (κ3) is 2.59. The van der Waals surface area contributed by atoms with Crippen molar-refractivity contribution in [1.29, 1.82) is 0 Å². The summed E-state index contributed by atoms with van der Waals surface area (Å²) in [5.74, 6) is 1.22. The van der Waals surface area contributed by atoms with E-state index in [9.17, 15) is 4.79 Å². The van der Waals surface area contributed by atoms with Crippen molar-refractivity contribution < 1.29 is 4.79 Å². The van der Waals surface area contributed by atoms with Gasteiger partial charge < -0.3 is 10.2 Å². The van der Waals surface area contributed by atoms with Gasteiger partial charge in [0.05, 0.1) is 0 Å². The van der Waals surface area contributed by atoms with Crippen LogP contribution in [0.3, 0.4) is 0 Å². The lowest BCUT2D eigenvalue weighted by molar-refractivity contribution is -0.120. The molecule has 23 heavy (non-hydrogen) atoms. The van der Waals surface area contributed by atoms with E-state index in [1.54, 1.807) is 0 Å². The van der Waals surface area contributed by atoms with Gasteiger partial charge in [-0.05, 0) is 73.7 Å². The molecular weight excluding hydrogens is 284 g/mol. The maximum absolute atomic E-state index is 13.1. The number of anilines is 1. The van der Waals surface area contributed by atoms with Crippen LogP contribution in [0.4, 0.5) is 5.69 Å². The van der Waals surface area contributed by atoms with Crippen molar-refractivity contribution in [2.24, 2.45) is 11.3 Å². The quantitative estimate of drug-likeness (QED) is 0.907. The van der Waals surface area contributed by atoms with E-state index in [-0.39, 0.29) is 5.92 Å². The van der Waals surface area contributed by atoms with Crippen molar-refractivity contribution >= 4 is 11.6 Å². The molecule has 1 aromatic rings. The standard InChI is InChI=1S/C20H28N2O/c1-14(2)15-5-6-18-16(12-15)4-3-11-22(18)19(23)17-13-20(17)7-9-21-10-8-20/h5-6,12,14,17,21H,3-4,7-11,13H2,1-2H3. The summed E-state index contributed by atoms with van der Waals surface area (Å²) in [6.07, 6.45) is 5.68. The monoisotopic (exact) mass is 312 g/mol. The van der Waals surface area contributed by atoms with Crippen LogP contribution >= 0.6 is 0 Å². The van der Waals surface area contributed by atoms with E-state index in [1.807, 2.05) is 0 Å². The fraction of sp³-hybridized carbons (Fsp3) is 0.650. The van der Waals surface area contributed by atoms with E-state index >= 15 is 0 Å². The second kappa shape index (κ2) is 5.62. The number of hydrogen-bond acceptors (Lipinski definition) is 2. The zero-order chi connectivity index (χ0) is 16.0. The maximum atomic E-state index is 13.1. The Hall–Kier alpha value is -1.35. The predicted molar refractivity (Wildman–Crippen MR) is 93.8 cm³/mol. The van der Waals surface area contributed by atoms with Gasteiger partial charge in [0.1, 0.15) is 0 Å². The highest BCUT2D eigenvalue weighted by molar-refractivity contribution is 5.98. The molecule has 1 saturated heterocycles. The number of rotatable bonds is 2. The van der Waals surface area contributed by atoms with Crippen LogP contribution in [0.5, 0.6) is 0 Å². The summed E-state index contributed by atoms with van der Waals surface area (Å²) in [6.45, 7) is 7.53. The van der Waals surface area contributed by atoms with Gasteiger partial charge in [0.25, 0.3) is 0 Å². The van der Waals surface area contributed by atoms with Gasteiger partial charge in [-0.2, -0.15) is 0 Å². The Kier molecular flexibility index (Phi) is 3.72. The smallest absolute Gasteiger partial charge is 0.230 e. The Labute approximate surface area is 139 Å². The molecule has 1 aliphatic carbocycles. The van der Waals surface area contributed by atoms with E-state index in [1.165, 1.54) is 29.7 Å². The molecule has 1 unspecified atom stereocenters. The molecule has 1 spiro atoms. The molecule has 0 radical (unpaired) electrons. The van der Waals surface area contributed by atoms with E-state index in [2.05, 4.69) is 42.3 Å². The summed E-state index contributed by atoms with van der Waals surface area (Å²) in [6, 6.07) is 6.73. The van der Waals surface area contributed by atoms with Gasteiger partial charge in [-0.1, -0.05) is 26.0 Å². The SMILES string of the molecule is CC(C)c1ccc2c(c1)CCCN2C(=O)C1CC12CCNCC2. The average Bonchev–Trinajstić information content (AvgIpc) is 3.26. The van der Waals surface area contributed by atoms with Crippen LogP contribution in [0.15, 0.2) is 18.2 Å². The van der Waals surface area contributed by atoms with E-state index in [0.29, 0.717) is 17.2 Å². The summed E-state index contributed by atoms with van der Waals surface area (Å²) in [5, 5.41) is 3.43. The highest BCUT2D eigenvalue weighted by Gasteiger charge is 2.58. The molecular formula is C20H28N2O. The molecule has 3 heteroatoms. The molecule has 1 aromatic carbocycles. The van der Waals surface area contributed by atoms with Crippen molar-refractivity contribution in [1.82, 2.24) is 5.32 Å². The number of piperidine rings is 1. The zero-order valence-corrected chi connectivity index (χ0v) is 14.4. The molecule has 2 aliphatic heterocycles. The van der Waals surface area contributed by atoms with Crippen LogP contribution in [0.1, 0.15) is 56.6 Å². The lowest BCUT2D eigenvalue weighted by Crippen LogP contribution is -2.39. The number of nitrogens with one attached hydrogen (secondary N) is 1. The third-order valence-corrected chi connectivity index (χ3v) is 6.24. The van der Waals surface area contributed by atoms with Crippen LogP contribution in [-0.2, 0) is 11.2 Å². The molecule has 1 N–H and O–H groups in total. The average molecular weight is 312 g/mol. The highest BCUT2D eigenvalue weighted by Crippen LogP contribution is 2.59. The molecule has 3 aliphatic rings. The largest absolute Gasteiger partial charge is 0.317 e. The summed E-state index contributed by atoms with van der Waals surface area (Å²) >= 11 is 0.